The van der Waals surface area contributed by atoms with Crippen LogP contribution in [0.4, 0.5) is 5.82 Å². The van der Waals surface area contributed by atoms with Gasteiger partial charge in [0.2, 0.25) is 0 Å². The molecule has 0 aliphatic heterocycles. The van der Waals surface area contributed by atoms with Crippen LogP contribution in [0.25, 0.3) is 0 Å². The summed E-state index contributed by atoms with van der Waals surface area (Å²) in [7, 11) is 3.43. The van der Waals surface area contributed by atoms with Crippen molar-refractivity contribution in [1.82, 2.24) is 9.88 Å². The molecule has 1 heterocycles. The van der Waals surface area contributed by atoms with Gasteiger partial charge in [0.15, 0.2) is 0 Å². The molecule has 1 aromatic heterocycles. The molecule has 0 spiro atoms. The number of hydrogen-bond donors (Lipinski definition) is 2. The Kier molecular flexibility index (Phi) is 6.29. The van der Waals surface area contributed by atoms with E-state index >= 15 is 0 Å². The van der Waals surface area contributed by atoms with E-state index in [0.717, 1.165) is 25.2 Å². The van der Waals surface area contributed by atoms with E-state index in [4.69, 9.17) is 5.11 Å². The van der Waals surface area contributed by atoms with Gasteiger partial charge in [-0.25, -0.2) is 4.98 Å². The second kappa shape index (κ2) is 7.74. The molecule has 0 fully saturated rings. The van der Waals surface area contributed by atoms with E-state index in [-0.39, 0.29) is 12.5 Å². The summed E-state index contributed by atoms with van der Waals surface area (Å²) in [5.41, 5.74) is 0.581. The Balaban J connectivity index is 2.55. The minimum atomic E-state index is -0.0502. The maximum Gasteiger partial charge on any atom is 0.254 e. The van der Waals surface area contributed by atoms with Gasteiger partial charge in [-0.15, -0.1) is 0 Å². The first-order chi connectivity index (χ1) is 9.08. The zero-order valence-electron chi connectivity index (χ0n) is 11.9. The molecule has 0 aliphatic carbocycles. The van der Waals surface area contributed by atoms with Crippen LogP contribution in [0.1, 0.15) is 30.1 Å². The molecule has 0 bridgehead atoms. The van der Waals surface area contributed by atoms with Crippen LogP contribution in [0.3, 0.4) is 0 Å². The minimum absolute atomic E-state index is 0.0502. The van der Waals surface area contributed by atoms with Gasteiger partial charge in [0.05, 0.1) is 5.56 Å². The smallest absolute Gasteiger partial charge is 0.254 e. The Morgan fingerprint density at radius 3 is 2.68 bits per heavy atom. The monoisotopic (exact) mass is 265 g/mol. The van der Waals surface area contributed by atoms with Gasteiger partial charge in [0, 0.05) is 33.4 Å². The van der Waals surface area contributed by atoms with Gasteiger partial charge in [-0.1, -0.05) is 13.3 Å². The quantitative estimate of drug-likeness (QED) is 0.786. The van der Waals surface area contributed by atoms with E-state index < -0.39 is 0 Å². The highest BCUT2D eigenvalue weighted by Gasteiger charge is 2.09. The molecular weight excluding hydrogens is 242 g/mol. The van der Waals surface area contributed by atoms with Crippen molar-refractivity contribution in [2.75, 3.05) is 32.6 Å². The number of carbonyl (C=O) groups excluding carboxylic acids is 1. The van der Waals surface area contributed by atoms with E-state index in [2.05, 4.69) is 17.2 Å². The second-order valence-corrected chi connectivity index (χ2v) is 4.80. The molecule has 0 saturated heterocycles. The molecule has 19 heavy (non-hydrogen) atoms. The van der Waals surface area contributed by atoms with Crippen LogP contribution in [0, 0.1) is 5.92 Å². The van der Waals surface area contributed by atoms with E-state index in [9.17, 15) is 4.79 Å². The molecule has 0 aliphatic rings. The van der Waals surface area contributed by atoms with Gasteiger partial charge in [-0.3, -0.25) is 4.79 Å². The first-order valence-electron chi connectivity index (χ1n) is 6.60. The van der Waals surface area contributed by atoms with Gasteiger partial charge >= 0.3 is 0 Å². The van der Waals surface area contributed by atoms with Crippen molar-refractivity contribution in [2.24, 2.45) is 5.92 Å². The molecule has 106 valence electrons. The van der Waals surface area contributed by atoms with Crippen LogP contribution >= 0.6 is 0 Å². The van der Waals surface area contributed by atoms with Crippen LogP contribution in [0.2, 0.25) is 0 Å². The third-order valence-corrected chi connectivity index (χ3v) is 3.10. The van der Waals surface area contributed by atoms with Crippen LogP contribution < -0.4 is 5.32 Å². The third-order valence-electron chi connectivity index (χ3n) is 3.10. The van der Waals surface area contributed by atoms with Crippen molar-refractivity contribution in [3.8, 4) is 0 Å². The molecule has 5 heteroatoms. The number of aromatic nitrogens is 1. The standard InChI is InChI=1S/C14H23N3O2/c1-4-11(7-8-18)9-15-13-6-5-12(10-16-13)14(19)17(2)3/h5-6,10-11,18H,4,7-9H2,1-3H3,(H,15,16). The fraction of sp³-hybridized carbons (Fsp3) is 0.571. The lowest BCUT2D eigenvalue weighted by Crippen LogP contribution is -2.22. The predicted octanol–water partition coefficient (Wildman–Crippen LogP) is 1.60. The third kappa shape index (κ3) is 4.87. The van der Waals surface area contributed by atoms with Gasteiger partial charge in [0.1, 0.15) is 5.82 Å². The minimum Gasteiger partial charge on any atom is -0.396 e. The van der Waals surface area contributed by atoms with Crippen LogP contribution in [0.5, 0.6) is 0 Å². The fourth-order valence-electron chi connectivity index (χ4n) is 1.77. The molecule has 0 aromatic carbocycles. The van der Waals surface area contributed by atoms with Crippen LogP contribution in [0.15, 0.2) is 18.3 Å². The maximum atomic E-state index is 11.7. The summed E-state index contributed by atoms with van der Waals surface area (Å²) in [6.07, 6.45) is 3.39. The first-order valence-corrected chi connectivity index (χ1v) is 6.60. The van der Waals surface area contributed by atoms with Crippen molar-refractivity contribution in [2.45, 2.75) is 19.8 Å². The molecule has 1 amide bonds. The highest BCUT2D eigenvalue weighted by Crippen LogP contribution is 2.11. The van der Waals surface area contributed by atoms with E-state index in [1.807, 2.05) is 6.07 Å². The van der Waals surface area contributed by atoms with E-state index in [1.54, 1.807) is 26.4 Å². The van der Waals surface area contributed by atoms with E-state index in [1.165, 1.54) is 4.90 Å². The number of amides is 1. The largest absolute Gasteiger partial charge is 0.396 e. The highest BCUT2D eigenvalue weighted by atomic mass is 16.3. The zero-order chi connectivity index (χ0) is 14.3. The number of pyridine rings is 1. The van der Waals surface area contributed by atoms with Gasteiger partial charge in [-0.2, -0.15) is 0 Å². The summed E-state index contributed by atoms with van der Waals surface area (Å²) in [6, 6.07) is 3.58. The van der Waals surface area contributed by atoms with Crippen molar-refractivity contribution in [3.05, 3.63) is 23.9 Å². The summed E-state index contributed by atoms with van der Waals surface area (Å²) in [5.74, 6) is 1.15. The number of rotatable bonds is 7. The fourth-order valence-corrected chi connectivity index (χ4v) is 1.77. The Hall–Kier alpha value is -1.62. The lowest BCUT2D eigenvalue weighted by atomic mass is 10.0. The van der Waals surface area contributed by atoms with Crippen molar-refractivity contribution >= 4 is 11.7 Å². The zero-order valence-corrected chi connectivity index (χ0v) is 11.9. The predicted molar refractivity (Wildman–Crippen MR) is 76.2 cm³/mol. The summed E-state index contributed by atoms with van der Waals surface area (Å²) in [4.78, 5) is 17.4. The molecule has 1 unspecified atom stereocenters. The van der Waals surface area contributed by atoms with Gasteiger partial charge in [0.25, 0.3) is 5.91 Å². The summed E-state index contributed by atoms with van der Waals surface area (Å²) < 4.78 is 0. The van der Waals surface area contributed by atoms with Crippen molar-refractivity contribution in [3.63, 3.8) is 0 Å². The number of nitrogens with zero attached hydrogens (tertiary/aromatic N) is 2. The SMILES string of the molecule is CCC(CCO)CNc1ccc(C(=O)N(C)C)cn1. The first kappa shape index (κ1) is 15.4. The lowest BCUT2D eigenvalue weighted by Gasteiger charge is -2.15. The number of anilines is 1. The Labute approximate surface area is 114 Å². The Morgan fingerprint density at radius 2 is 2.21 bits per heavy atom. The number of hydrogen-bond acceptors (Lipinski definition) is 4. The lowest BCUT2D eigenvalue weighted by molar-refractivity contribution is 0.0827. The summed E-state index contributed by atoms with van der Waals surface area (Å²) in [6.45, 7) is 3.10. The number of carbonyl (C=O) groups is 1. The topological polar surface area (TPSA) is 65.5 Å². The van der Waals surface area contributed by atoms with Gasteiger partial charge in [-0.05, 0) is 24.5 Å². The summed E-state index contributed by atoms with van der Waals surface area (Å²) in [5, 5.41) is 12.2. The Bertz CT molecular complexity index is 390. The molecule has 1 aromatic rings. The molecule has 0 saturated carbocycles. The molecule has 1 atom stereocenters. The van der Waals surface area contributed by atoms with Crippen LogP contribution in [-0.2, 0) is 0 Å². The maximum absolute atomic E-state index is 11.7. The second-order valence-electron chi connectivity index (χ2n) is 4.80. The molecule has 1 rings (SSSR count). The molecular formula is C14H23N3O2. The average molecular weight is 265 g/mol. The number of aliphatic hydroxyl groups is 1. The molecule has 2 N–H and O–H groups in total. The number of aliphatic hydroxyl groups excluding tert-OH is 1. The highest BCUT2D eigenvalue weighted by molar-refractivity contribution is 5.93. The van der Waals surface area contributed by atoms with E-state index in [0.29, 0.717) is 11.5 Å². The van der Waals surface area contributed by atoms with Crippen molar-refractivity contribution < 1.29 is 9.90 Å². The Morgan fingerprint density at radius 1 is 1.47 bits per heavy atom. The average Bonchev–Trinajstić information content (AvgIpc) is 2.43. The molecule has 0 radical (unpaired) electrons. The van der Waals surface area contributed by atoms with Crippen LogP contribution in [-0.4, -0.2) is 48.1 Å². The summed E-state index contributed by atoms with van der Waals surface area (Å²) >= 11 is 0. The normalized spacial score (nSPS) is 12.0. The molecule has 5 nitrogen and oxygen atoms in total. The van der Waals surface area contributed by atoms with Gasteiger partial charge < -0.3 is 15.3 Å². The van der Waals surface area contributed by atoms with Crippen molar-refractivity contribution in [1.29, 1.82) is 0 Å². The number of nitrogens with one attached hydrogen (secondary N) is 1.